The number of amides is 1. The highest BCUT2D eigenvalue weighted by Crippen LogP contribution is 2.40. The Labute approximate surface area is 188 Å². The average Bonchev–Trinajstić information content (AvgIpc) is 2.73. The number of aryl methyl sites for hydroxylation is 1. The predicted octanol–water partition coefficient (Wildman–Crippen LogP) is 3.95. The van der Waals surface area contributed by atoms with E-state index in [-0.39, 0.29) is 23.4 Å². The molecule has 1 fully saturated rings. The number of hydrogen-bond acceptors (Lipinski definition) is 4. The average molecular weight is 461 g/mol. The number of carbonyl (C=O) groups excluding carboxylic acids is 1. The van der Waals surface area contributed by atoms with Crippen LogP contribution in [0, 0.1) is 18.7 Å². The summed E-state index contributed by atoms with van der Waals surface area (Å²) in [6, 6.07) is 10.5. The van der Waals surface area contributed by atoms with Gasteiger partial charge in [0.1, 0.15) is 17.2 Å². The number of nitrogens with zero attached hydrogens (tertiary/aromatic N) is 1. The molecule has 4 rings (SSSR count). The zero-order valence-corrected chi connectivity index (χ0v) is 19.4. The van der Waals surface area contributed by atoms with Gasteiger partial charge in [-0.25, -0.2) is 12.8 Å². The van der Waals surface area contributed by atoms with E-state index in [2.05, 4.69) is 5.32 Å². The second-order valence-corrected chi connectivity index (χ2v) is 11.3. The van der Waals surface area contributed by atoms with Gasteiger partial charge in [-0.15, -0.1) is 0 Å². The van der Waals surface area contributed by atoms with Crippen molar-refractivity contribution in [2.45, 2.75) is 56.6 Å². The number of rotatable bonds is 4. The molecule has 2 aliphatic rings. The molecule has 0 bridgehead atoms. The summed E-state index contributed by atoms with van der Waals surface area (Å²) in [6.45, 7) is 6.44. The molecule has 0 spiro atoms. The minimum Gasteiger partial charge on any atom is -0.487 e. The number of halogens is 1. The van der Waals surface area contributed by atoms with E-state index in [1.54, 1.807) is 0 Å². The normalized spacial score (nSPS) is 23.1. The quantitative estimate of drug-likeness (QED) is 0.750. The van der Waals surface area contributed by atoms with Crippen molar-refractivity contribution >= 4 is 15.9 Å². The fourth-order valence-electron chi connectivity index (χ4n) is 4.51. The van der Waals surface area contributed by atoms with E-state index < -0.39 is 27.4 Å². The lowest BCUT2D eigenvalue weighted by Gasteiger charge is -2.39. The highest BCUT2D eigenvalue weighted by molar-refractivity contribution is 7.89. The molecule has 2 heterocycles. The van der Waals surface area contributed by atoms with Gasteiger partial charge in [-0.2, -0.15) is 4.31 Å². The SMILES string of the molecule is Cc1ccc2c(c1)OC(C)(C)CC2NC(=O)C1CCCN(S(=O)(=O)c2ccc(F)cc2)C1. The molecule has 2 aromatic rings. The Hall–Kier alpha value is -2.45. The monoisotopic (exact) mass is 460 g/mol. The molecule has 2 aromatic carbocycles. The van der Waals surface area contributed by atoms with Crippen LogP contribution in [-0.2, 0) is 14.8 Å². The number of benzene rings is 2. The standard InChI is InChI=1S/C24H29FN2O4S/c1-16-6-11-20-21(14-24(2,3)31-22(20)13-16)26-23(28)17-5-4-12-27(15-17)32(29,30)19-9-7-18(25)8-10-19/h6-11,13,17,21H,4-5,12,14-15H2,1-3H3,(H,26,28). The van der Waals surface area contributed by atoms with Crippen molar-refractivity contribution in [3.63, 3.8) is 0 Å². The number of nitrogens with one attached hydrogen (secondary N) is 1. The third-order valence-corrected chi connectivity index (χ3v) is 8.03. The smallest absolute Gasteiger partial charge is 0.243 e. The lowest BCUT2D eigenvalue weighted by molar-refractivity contribution is -0.127. The lowest BCUT2D eigenvalue weighted by Crippen LogP contribution is -2.48. The molecule has 2 unspecified atom stereocenters. The molecule has 8 heteroatoms. The molecule has 0 aromatic heterocycles. The first-order valence-corrected chi connectivity index (χ1v) is 12.3. The summed E-state index contributed by atoms with van der Waals surface area (Å²) in [7, 11) is -3.78. The van der Waals surface area contributed by atoms with Crippen LogP contribution in [0.5, 0.6) is 5.75 Å². The minimum atomic E-state index is -3.78. The number of hydrogen-bond donors (Lipinski definition) is 1. The van der Waals surface area contributed by atoms with E-state index in [4.69, 9.17) is 4.74 Å². The van der Waals surface area contributed by atoms with Crippen molar-refractivity contribution in [3.05, 3.63) is 59.4 Å². The molecule has 2 aliphatic heterocycles. The van der Waals surface area contributed by atoms with Gasteiger partial charge in [0, 0.05) is 25.1 Å². The molecule has 0 radical (unpaired) electrons. The molecular weight excluding hydrogens is 431 g/mol. The van der Waals surface area contributed by atoms with Crippen LogP contribution in [0.2, 0.25) is 0 Å². The van der Waals surface area contributed by atoms with Crippen LogP contribution >= 0.6 is 0 Å². The summed E-state index contributed by atoms with van der Waals surface area (Å²) in [5.74, 6) is -0.317. The Balaban J connectivity index is 1.50. The van der Waals surface area contributed by atoms with Gasteiger partial charge < -0.3 is 10.1 Å². The second-order valence-electron chi connectivity index (χ2n) is 9.32. The first-order chi connectivity index (χ1) is 15.0. The van der Waals surface area contributed by atoms with Crippen molar-refractivity contribution in [2.75, 3.05) is 13.1 Å². The Morgan fingerprint density at radius 1 is 1.19 bits per heavy atom. The largest absolute Gasteiger partial charge is 0.487 e. The van der Waals surface area contributed by atoms with E-state index in [1.807, 2.05) is 39.0 Å². The zero-order chi connectivity index (χ0) is 23.1. The van der Waals surface area contributed by atoms with E-state index in [0.29, 0.717) is 25.8 Å². The van der Waals surface area contributed by atoms with Crippen LogP contribution in [-0.4, -0.2) is 37.3 Å². The minimum absolute atomic E-state index is 0.0374. The molecule has 2 atom stereocenters. The number of sulfonamides is 1. The van der Waals surface area contributed by atoms with Crippen molar-refractivity contribution in [1.29, 1.82) is 0 Å². The van der Waals surface area contributed by atoms with Crippen molar-refractivity contribution in [2.24, 2.45) is 5.92 Å². The van der Waals surface area contributed by atoms with Crippen LogP contribution in [0.15, 0.2) is 47.4 Å². The van der Waals surface area contributed by atoms with Crippen LogP contribution in [0.3, 0.4) is 0 Å². The van der Waals surface area contributed by atoms with Gasteiger partial charge in [-0.3, -0.25) is 4.79 Å². The van der Waals surface area contributed by atoms with E-state index >= 15 is 0 Å². The van der Waals surface area contributed by atoms with E-state index in [1.165, 1.54) is 16.4 Å². The topological polar surface area (TPSA) is 75.7 Å². The third-order valence-electron chi connectivity index (χ3n) is 6.15. The van der Waals surface area contributed by atoms with Gasteiger partial charge >= 0.3 is 0 Å². The Morgan fingerprint density at radius 3 is 2.62 bits per heavy atom. The van der Waals surface area contributed by atoms with E-state index in [0.717, 1.165) is 29.0 Å². The fraction of sp³-hybridized carbons (Fsp3) is 0.458. The van der Waals surface area contributed by atoms with Gasteiger partial charge in [0.05, 0.1) is 16.9 Å². The summed E-state index contributed by atoms with van der Waals surface area (Å²) in [5.41, 5.74) is 1.60. The zero-order valence-electron chi connectivity index (χ0n) is 18.6. The fourth-order valence-corrected chi connectivity index (χ4v) is 6.03. The molecule has 6 nitrogen and oxygen atoms in total. The summed E-state index contributed by atoms with van der Waals surface area (Å²) in [6.07, 6.45) is 1.83. The first kappa shape index (κ1) is 22.7. The van der Waals surface area contributed by atoms with Gasteiger partial charge in [0.2, 0.25) is 15.9 Å². The Kier molecular flexibility index (Phi) is 6.02. The number of carbonyl (C=O) groups is 1. The number of fused-ring (bicyclic) bond motifs is 1. The second kappa shape index (κ2) is 8.48. The molecule has 32 heavy (non-hydrogen) atoms. The molecule has 1 saturated heterocycles. The molecule has 0 aliphatic carbocycles. The number of ether oxygens (including phenoxy) is 1. The van der Waals surface area contributed by atoms with Crippen LogP contribution in [0.4, 0.5) is 4.39 Å². The Morgan fingerprint density at radius 2 is 1.91 bits per heavy atom. The molecule has 0 saturated carbocycles. The first-order valence-electron chi connectivity index (χ1n) is 10.9. The summed E-state index contributed by atoms with van der Waals surface area (Å²) >= 11 is 0. The highest BCUT2D eigenvalue weighted by Gasteiger charge is 2.38. The van der Waals surface area contributed by atoms with Crippen molar-refractivity contribution in [1.82, 2.24) is 9.62 Å². The van der Waals surface area contributed by atoms with Crippen LogP contribution < -0.4 is 10.1 Å². The highest BCUT2D eigenvalue weighted by atomic mass is 32.2. The summed E-state index contributed by atoms with van der Waals surface area (Å²) in [4.78, 5) is 13.2. The van der Waals surface area contributed by atoms with Crippen LogP contribution in [0.1, 0.15) is 50.3 Å². The predicted molar refractivity (Wildman–Crippen MR) is 119 cm³/mol. The third kappa shape index (κ3) is 4.66. The number of piperidine rings is 1. The van der Waals surface area contributed by atoms with E-state index in [9.17, 15) is 17.6 Å². The molecule has 1 amide bonds. The van der Waals surface area contributed by atoms with Crippen molar-refractivity contribution in [3.8, 4) is 5.75 Å². The van der Waals surface area contributed by atoms with Gasteiger partial charge in [0.25, 0.3) is 0 Å². The molecular formula is C24H29FN2O4S. The summed E-state index contributed by atoms with van der Waals surface area (Å²) in [5, 5.41) is 3.15. The summed E-state index contributed by atoms with van der Waals surface area (Å²) < 4.78 is 46.6. The lowest BCUT2D eigenvalue weighted by atomic mass is 9.88. The van der Waals surface area contributed by atoms with Gasteiger partial charge in [-0.1, -0.05) is 12.1 Å². The maximum atomic E-state index is 13.2. The van der Waals surface area contributed by atoms with Crippen LogP contribution in [0.25, 0.3) is 0 Å². The Bertz CT molecular complexity index is 1120. The van der Waals surface area contributed by atoms with Gasteiger partial charge in [-0.05, 0) is 69.5 Å². The maximum absolute atomic E-state index is 13.2. The maximum Gasteiger partial charge on any atom is 0.243 e. The van der Waals surface area contributed by atoms with Crippen molar-refractivity contribution < 1.29 is 22.3 Å². The van der Waals surface area contributed by atoms with Gasteiger partial charge in [0.15, 0.2) is 0 Å². The molecule has 172 valence electrons. The molecule has 1 N–H and O–H groups in total.